The van der Waals surface area contributed by atoms with Gasteiger partial charge in [0.25, 0.3) is 0 Å². The Labute approximate surface area is 111 Å². The van der Waals surface area contributed by atoms with E-state index in [0.29, 0.717) is 31.6 Å². The molecule has 106 valence electrons. The van der Waals surface area contributed by atoms with Gasteiger partial charge in [-0.15, -0.1) is 0 Å². The van der Waals surface area contributed by atoms with Gasteiger partial charge in [-0.1, -0.05) is 19.1 Å². The fourth-order valence-corrected chi connectivity index (χ4v) is 2.27. The lowest BCUT2D eigenvalue weighted by Crippen LogP contribution is -2.35. The molecule has 0 bridgehead atoms. The smallest absolute Gasteiger partial charge is 0.162 e. The minimum absolute atomic E-state index is 0.00407. The van der Waals surface area contributed by atoms with Gasteiger partial charge in [0.05, 0.1) is 13.2 Å². The molecule has 5 heteroatoms. The molecule has 1 aromatic carbocycles. The average Bonchev–Trinajstić information content (AvgIpc) is 2.88. The largest absolute Gasteiger partial charge is 0.350 e. The molecule has 19 heavy (non-hydrogen) atoms. The Balaban J connectivity index is 2.00. The first-order valence-corrected chi connectivity index (χ1v) is 6.60. The molecule has 1 aliphatic rings. The second-order valence-electron chi connectivity index (χ2n) is 4.58. The van der Waals surface area contributed by atoms with Gasteiger partial charge in [-0.05, 0) is 24.6 Å². The van der Waals surface area contributed by atoms with Crippen molar-refractivity contribution in [3.63, 3.8) is 0 Å². The third-order valence-electron chi connectivity index (χ3n) is 3.16. The van der Waals surface area contributed by atoms with Crippen molar-refractivity contribution in [2.24, 2.45) is 0 Å². The van der Waals surface area contributed by atoms with Gasteiger partial charge in [-0.2, -0.15) is 0 Å². The third-order valence-corrected chi connectivity index (χ3v) is 3.16. The number of hydrogen-bond acceptors (Lipinski definition) is 3. The summed E-state index contributed by atoms with van der Waals surface area (Å²) in [4.78, 5) is 0. The van der Waals surface area contributed by atoms with Gasteiger partial charge in [-0.25, -0.2) is 8.78 Å². The molecular weight excluding hydrogens is 252 g/mol. The maximum Gasteiger partial charge on any atom is 0.162 e. The maximum absolute atomic E-state index is 13.7. The minimum Gasteiger partial charge on any atom is -0.350 e. The minimum atomic E-state index is -0.805. The second kappa shape index (κ2) is 6.93. The van der Waals surface area contributed by atoms with E-state index in [1.54, 1.807) is 6.07 Å². The Morgan fingerprint density at radius 1 is 1.32 bits per heavy atom. The summed E-state index contributed by atoms with van der Waals surface area (Å²) in [5.74, 6) is -1.57. The predicted octanol–water partition coefficient (Wildman–Crippen LogP) is 2.25. The van der Waals surface area contributed by atoms with Crippen LogP contribution in [0.1, 0.15) is 18.9 Å². The van der Waals surface area contributed by atoms with Gasteiger partial charge >= 0.3 is 0 Å². The first-order chi connectivity index (χ1) is 9.20. The fourth-order valence-electron chi connectivity index (χ4n) is 2.27. The molecule has 1 atom stereocenters. The second-order valence-corrected chi connectivity index (χ2v) is 4.58. The van der Waals surface area contributed by atoms with Crippen LogP contribution in [0.4, 0.5) is 8.78 Å². The summed E-state index contributed by atoms with van der Waals surface area (Å²) in [5, 5.41) is 3.26. The molecule has 0 aromatic heterocycles. The molecule has 1 unspecified atom stereocenters. The van der Waals surface area contributed by atoms with Gasteiger partial charge in [0.2, 0.25) is 0 Å². The van der Waals surface area contributed by atoms with E-state index in [0.717, 1.165) is 12.6 Å². The van der Waals surface area contributed by atoms with Crippen molar-refractivity contribution in [3.05, 3.63) is 35.4 Å². The van der Waals surface area contributed by atoms with Crippen LogP contribution in [0.5, 0.6) is 0 Å². The van der Waals surface area contributed by atoms with Crippen molar-refractivity contribution in [2.45, 2.75) is 32.1 Å². The van der Waals surface area contributed by atoms with E-state index in [9.17, 15) is 8.78 Å². The number of nitrogens with one attached hydrogen (secondary N) is 1. The number of likely N-dealkylation sites (N-methyl/N-ethyl adjacent to an activating group) is 1. The standard InChI is InChI=1S/C14H19F2NO2/c1-2-17-11(9-13-18-6-7-19-13)8-10-4-3-5-12(15)14(10)16/h3-5,11,13,17H,2,6-9H2,1H3. The molecule has 1 N–H and O–H groups in total. The molecular formula is C14H19F2NO2. The van der Waals surface area contributed by atoms with Crippen molar-refractivity contribution in [3.8, 4) is 0 Å². The number of benzene rings is 1. The Morgan fingerprint density at radius 2 is 2.05 bits per heavy atom. The lowest BCUT2D eigenvalue weighted by Gasteiger charge is -2.21. The van der Waals surface area contributed by atoms with Crippen LogP contribution in [0.25, 0.3) is 0 Å². The van der Waals surface area contributed by atoms with Crippen molar-refractivity contribution in [1.82, 2.24) is 5.32 Å². The summed E-state index contributed by atoms with van der Waals surface area (Å²) in [6, 6.07) is 4.27. The van der Waals surface area contributed by atoms with E-state index in [-0.39, 0.29) is 12.3 Å². The van der Waals surface area contributed by atoms with E-state index >= 15 is 0 Å². The zero-order valence-electron chi connectivity index (χ0n) is 11.0. The summed E-state index contributed by atoms with van der Waals surface area (Å²) < 4.78 is 37.6. The Kier molecular flexibility index (Phi) is 5.24. The highest BCUT2D eigenvalue weighted by Gasteiger charge is 2.22. The van der Waals surface area contributed by atoms with Crippen LogP contribution in [0.2, 0.25) is 0 Å². The van der Waals surface area contributed by atoms with Crippen molar-refractivity contribution >= 4 is 0 Å². The average molecular weight is 271 g/mol. The highest BCUT2D eigenvalue weighted by Crippen LogP contribution is 2.17. The highest BCUT2D eigenvalue weighted by atomic mass is 19.2. The van der Waals surface area contributed by atoms with Crippen LogP contribution in [-0.4, -0.2) is 32.1 Å². The van der Waals surface area contributed by atoms with Crippen LogP contribution in [-0.2, 0) is 15.9 Å². The Morgan fingerprint density at radius 3 is 2.74 bits per heavy atom. The summed E-state index contributed by atoms with van der Waals surface area (Å²) in [7, 11) is 0. The monoisotopic (exact) mass is 271 g/mol. The Bertz CT molecular complexity index is 408. The lowest BCUT2D eigenvalue weighted by molar-refractivity contribution is -0.0526. The molecule has 1 aliphatic heterocycles. The quantitative estimate of drug-likeness (QED) is 0.861. The van der Waals surface area contributed by atoms with E-state index in [4.69, 9.17) is 9.47 Å². The molecule has 1 fully saturated rings. The molecule has 3 nitrogen and oxygen atoms in total. The maximum atomic E-state index is 13.7. The zero-order chi connectivity index (χ0) is 13.7. The summed E-state index contributed by atoms with van der Waals surface area (Å²) >= 11 is 0. The molecule has 1 aromatic rings. The number of rotatable bonds is 6. The van der Waals surface area contributed by atoms with Crippen molar-refractivity contribution < 1.29 is 18.3 Å². The predicted molar refractivity (Wildman–Crippen MR) is 67.8 cm³/mol. The van der Waals surface area contributed by atoms with E-state index < -0.39 is 11.6 Å². The molecule has 0 radical (unpaired) electrons. The van der Waals surface area contributed by atoms with Gasteiger partial charge < -0.3 is 14.8 Å². The third kappa shape index (κ3) is 3.96. The molecule has 0 saturated carbocycles. The van der Waals surface area contributed by atoms with E-state index in [2.05, 4.69) is 5.32 Å². The molecule has 0 aliphatic carbocycles. The lowest BCUT2D eigenvalue weighted by atomic mass is 10.0. The number of halogens is 2. The fraction of sp³-hybridized carbons (Fsp3) is 0.571. The normalized spacial score (nSPS) is 17.8. The summed E-state index contributed by atoms with van der Waals surface area (Å²) in [6.07, 6.45) is 0.797. The van der Waals surface area contributed by atoms with Gasteiger partial charge in [0.15, 0.2) is 17.9 Å². The summed E-state index contributed by atoms with van der Waals surface area (Å²) in [5.41, 5.74) is 0.379. The number of hydrogen-bond donors (Lipinski definition) is 1. The van der Waals surface area contributed by atoms with Gasteiger partial charge in [0, 0.05) is 12.5 Å². The van der Waals surface area contributed by atoms with Crippen LogP contribution < -0.4 is 5.32 Å². The highest BCUT2D eigenvalue weighted by molar-refractivity contribution is 5.20. The van der Waals surface area contributed by atoms with Crippen LogP contribution >= 0.6 is 0 Å². The molecule has 1 heterocycles. The van der Waals surface area contributed by atoms with Gasteiger partial charge in [-0.3, -0.25) is 0 Å². The molecule has 2 rings (SSSR count). The molecule has 0 amide bonds. The van der Waals surface area contributed by atoms with Gasteiger partial charge in [0.1, 0.15) is 0 Å². The Hall–Kier alpha value is -1.04. The van der Waals surface area contributed by atoms with E-state index in [1.165, 1.54) is 6.07 Å². The topological polar surface area (TPSA) is 30.5 Å². The van der Waals surface area contributed by atoms with Crippen molar-refractivity contribution in [1.29, 1.82) is 0 Å². The zero-order valence-corrected chi connectivity index (χ0v) is 11.0. The number of ether oxygens (including phenoxy) is 2. The molecule has 1 saturated heterocycles. The SMILES string of the molecule is CCNC(Cc1cccc(F)c1F)CC1OCCO1. The van der Waals surface area contributed by atoms with Crippen LogP contribution in [0.15, 0.2) is 18.2 Å². The summed E-state index contributed by atoms with van der Waals surface area (Å²) in [6.45, 7) is 3.93. The molecule has 0 spiro atoms. The van der Waals surface area contributed by atoms with Crippen LogP contribution in [0, 0.1) is 11.6 Å². The van der Waals surface area contributed by atoms with Crippen molar-refractivity contribution in [2.75, 3.05) is 19.8 Å². The van der Waals surface area contributed by atoms with E-state index in [1.807, 2.05) is 6.92 Å². The first kappa shape index (κ1) is 14.4. The first-order valence-electron chi connectivity index (χ1n) is 6.60. The van der Waals surface area contributed by atoms with Crippen LogP contribution in [0.3, 0.4) is 0 Å².